The molecule has 0 aliphatic heterocycles. The van der Waals surface area contributed by atoms with E-state index >= 15 is 0 Å². The maximum atomic E-state index is 11.9. The Labute approximate surface area is 97.3 Å². The molecule has 1 unspecified atom stereocenters. The Hall–Kier alpha value is -1.49. The largest absolute Gasteiger partial charge is 0.573 e. The van der Waals surface area contributed by atoms with Crippen LogP contribution in [-0.4, -0.2) is 17.6 Å². The van der Waals surface area contributed by atoms with Crippen molar-refractivity contribution in [1.29, 1.82) is 0 Å². The van der Waals surface area contributed by atoms with Crippen molar-refractivity contribution in [2.75, 3.05) is 0 Å². The van der Waals surface area contributed by atoms with Crippen LogP contribution in [0.1, 0.15) is 19.4 Å². The number of allylic oxidation sites excluding steroid dienone is 1. The minimum Gasteiger partial charge on any atom is -0.406 e. The van der Waals surface area contributed by atoms with Crippen molar-refractivity contribution in [3.8, 4) is 5.75 Å². The van der Waals surface area contributed by atoms with E-state index in [1.807, 2.05) is 0 Å². The molecule has 0 fully saturated rings. The van der Waals surface area contributed by atoms with Gasteiger partial charge in [-0.15, -0.1) is 13.2 Å². The van der Waals surface area contributed by atoms with Crippen molar-refractivity contribution >= 4 is 5.57 Å². The summed E-state index contributed by atoms with van der Waals surface area (Å²) in [4.78, 5) is 0. The maximum Gasteiger partial charge on any atom is 0.573 e. The van der Waals surface area contributed by atoms with Gasteiger partial charge in [0.15, 0.2) is 0 Å². The van der Waals surface area contributed by atoms with Crippen LogP contribution in [0, 0.1) is 0 Å². The Morgan fingerprint density at radius 2 is 1.82 bits per heavy atom. The Balaban J connectivity index is 2.88. The van der Waals surface area contributed by atoms with Gasteiger partial charge in [-0.25, -0.2) is 0 Å². The highest BCUT2D eigenvalue weighted by Crippen LogP contribution is 2.25. The molecule has 1 aromatic carbocycles. The molecule has 1 N–H and O–H groups in total. The van der Waals surface area contributed by atoms with Crippen molar-refractivity contribution in [1.82, 2.24) is 0 Å². The van der Waals surface area contributed by atoms with Gasteiger partial charge in [0.05, 0.1) is 6.10 Å². The molecule has 0 radical (unpaired) electrons. The molecule has 0 aromatic heterocycles. The predicted molar refractivity (Wildman–Crippen MR) is 58.5 cm³/mol. The molecular weight excluding hydrogens is 233 g/mol. The lowest BCUT2D eigenvalue weighted by Crippen LogP contribution is -2.17. The van der Waals surface area contributed by atoms with Gasteiger partial charge in [-0.2, -0.15) is 0 Å². The number of benzene rings is 1. The standard InChI is InChI=1S/C12H13F3O2/c1-3-11(8(2)16)9-4-6-10(7-5-9)17-12(13,14)15/h3-8,16H,1-2H3/b11-3+. The number of aliphatic hydroxyl groups excluding tert-OH is 1. The summed E-state index contributed by atoms with van der Waals surface area (Å²) in [6.45, 7) is 3.34. The van der Waals surface area contributed by atoms with Crippen LogP contribution in [0.25, 0.3) is 5.57 Å². The van der Waals surface area contributed by atoms with E-state index in [0.29, 0.717) is 11.1 Å². The van der Waals surface area contributed by atoms with Crippen LogP contribution >= 0.6 is 0 Å². The highest BCUT2D eigenvalue weighted by atomic mass is 19.4. The number of hydrogen-bond donors (Lipinski definition) is 1. The minimum atomic E-state index is -4.69. The highest BCUT2D eigenvalue weighted by molar-refractivity contribution is 5.68. The zero-order chi connectivity index (χ0) is 13.1. The predicted octanol–water partition coefficient (Wildman–Crippen LogP) is 3.37. The molecule has 94 valence electrons. The van der Waals surface area contributed by atoms with E-state index in [0.717, 1.165) is 0 Å². The van der Waals surface area contributed by atoms with E-state index in [1.54, 1.807) is 19.9 Å². The summed E-state index contributed by atoms with van der Waals surface area (Å²) in [5, 5.41) is 9.44. The van der Waals surface area contributed by atoms with Crippen LogP contribution in [0.3, 0.4) is 0 Å². The van der Waals surface area contributed by atoms with Gasteiger partial charge in [-0.1, -0.05) is 18.2 Å². The van der Waals surface area contributed by atoms with Crippen LogP contribution in [0.5, 0.6) is 5.75 Å². The van der Waals surface area contributed by atoms with Crippen LogP contribution in [-0.2, 0) is 0 Å². The van der Waals surface area contributed by atoms with Crippen molar-refractivity contribution in [3.05, 3.63) is 35.9 Å². The second-order valence-electron chi connectivity index (χ2n) is 3.49. The first-order valence-electron chi connectivity index (χ1n) is 5.04. The van der Waals surface area contributed by atoms with Crippen molar-refractivity contribution < 1.29 is 23.0 Å². The Morgan fingerprint density at radius 1 is 1.29 bits per heavy atom. The smallest absolute Gasteiger partial charge is 0.406 e. The lowest BCUT2D eigenvalue weighted by Gasteiger charge is -2.12. The SMILES string of the molecule is C/C=C(/c1ccc(OC(F)(F)F)cc1)C(C)O. The molecule has 2 nitrogen and oxygen atoms in total. The third-order valence-corrected chi connectivity index (χ3v) is 2.18. The van der Waals surface area contributed by atoms with E-state index in [-0.39, 0.29) is 5.75 Å². The molecule has 0 heterocycles. The zero-order valence-electron chi connectivity index (χ0n) is 9.45. The van der Waals surface area contributed by atoms with Gasteiger partial charge in [-0.05, 0) is 37.1 Å². The molecule has 1 aromatic rings. The average Bonchev–Trinajstić information content (AvgIpc) is 2.18. The first-order chi connectivity index (χ1) is 7.83. The summed E-state index contributed by atoms with van der Waals surface area (Å²) < 4.78 is 39.5. The Kier molecular flexibility index (Phi) is 4.17. The fourth-order valence-electron chi connectivity index (χ4n) is 1.50. The van der Waals surface area contributed by atoms with Crippen molar-refractivity contribution in [2.24, 2.45) is 0 Å². The summed E-state index contributed by atoms with van der Waals surface area (Å²) in [6, 6.07) is 5.38. The highest BCUT2D eigenvalue weighted by Gasteiger charge is 2.30. The maximum absolute atomic E-state index is 11.9. The van der Waals surface area contributed by atoms with Crippen molar-refractivity contribution in [2.45, 2.75) is 26.3 Å². The first-order valence-corrected chi connectivity index (χ1v) is 5.04. The molecule has 0 aliphatic carbocycles. The Morgan fingerprint density at radius 3 is 2.18 bits per heavy atom. The van der Waals surface area contributed by atoms with Crippen LogP contribution < -0.4 is 4.74 Å². The molecule has 0 aliphatic rings. The van der Waals surface area contributed by atoms with E-state index in [2.05, 4.69) is 4.74 Å². The van der Waals surface area contributed by atoms with E-state index < -0.39 is 12.5 Å². The molecule has 0 spiro atoms. The van der Waals surface area contributed by atoms with Crippen LogP contribution in [0.2, 0.25) is 0 Å². The molecule has 0 saturated heterocycles. The fourth-order valence-corrected chi connectivity index (χ4v) is 1.50. The molecule has 1 rings (SSSR count). The normalized spacial score (nSPS) is 14.6. The Bertz CT molecular complexity index is 391. The second-order valence-corrected chi connectivity index (χ2v) is 3.49. The molecule has 1 atom stereocenters. The van der Waals surface area contributed by atoms with Crippen LogP contribution in [0.4, 0.5) is 13.2 Å². The lowest BCUT2D eigenvalue weighted by atomic mass is 10.0. The van der Waals surface area contributed by atoms with E-state index in [9.17, 15) is 18.3 Å². The number of halogens is 3. The van der Waals surface area contributed by atoms with E-state index in [4.69, 9.17) is 0 Å². The minimum absolute atomic E-state index is 0.276. The van der Waals surface area contributed by atoms with Gasteiger partial charge in [0, 0.05) is 0 Å². The summed E-state index contributed by atoms with van der Waals surface area (Å²) in [5.41, 5.74) is 1.32. The number of ether oxygens (including phenoxy) is 1. The van der Waals surface area contributed by atoms with Gasteiger partial charge in [0.25, 0.3) is 0 Å². The summed E-state index contributed by atoms with van der Waals surface area (Å²) in [6.07, 6.45) is -3.64. The number of aliphatic hydroxyl groups is 1. The molecule has 0 saturated carbocycles. The molecule has 0 bridgehead atoms. The number of alkyl halides is 3. The summed E-state index contributed by atoms with van der Waals surface area (Å²) in [5.74, 6) is -0.276. The van der Waals surface area contributed by atoms with Crippen LogP contribution in [0.15, 0.2) is 30.3 Å². The number of rotatable bonds is 3. The first kappa shape index (κ1) is 13.6. The van der Waals surface area contributed by atoms with Gasteiger partial charge in [0.1, 0.15) is 5.75 Å². The van der Waals surface area contributed by atoms with Gasteiger partial charge in [0.2, 0.25) is 0 Å². The quantitative estimate of drug-likeness (QED) is 0.886. The molecule has 0 amide bonds. The topological polar surface area (TPSA) is 29.5 Å². The summed E-state index contributed by atoms with van der Waals surface area (Å²) >= 11 is 0. The molecular formula is C12H13F3O2. The van der Waals surface area contributed by atoms with Crippen molar-refractivity contribution in [3.63, 3.8) is 0 Å². The van der Waals surface area contributed by atoms with E-state index in [1.165, 1.54) is 24.3 Å². The zero-order valence-corrected chi connectivity index (χ0v) is 9.45. The van der Waals surface area contributed by atoms with Gasteiger partial charge >= 0.3 is 6.36 Å². The summed E-state index contributed by atoms with van der Waals surface area (Å²) in [7, 11) is 0. The monoisotopic (exact) mass is 246 g/mol. The third kappa shape index (κ3) is 4.11. The molecule has 17 heavy (non-hydrogen) atoms. The second kappa shape index (κ2) is 5.23. The van der Waals surface area contributed by atoms with Gasteiger partial charge < -0.3 is 9.84 Å². The van der Waals surface area contributed by atoms with Gasteiger partial charge in [-0.3, -0.25) is 0 Å². The molecule has 5 heteroatoms. The fraction of sp³-hybridized carbons (Fsp3) is 0.333. The lowest BCUT2D eigenvalue weighted by molar-refractivity contribution is -0.274. The number of hydrogen-bond acceptors (Lipinski definition) is 2. The average molecular weight is 246 g/mol. The third-order valence-electron chi connectivity index (χ3n) is 2.18.